The smallest absolute Gasteiger partial charge is 0.435 e. The molecule has 4 rings (SSSR count). The van der Waals surface area contributed by atoms with Crippen molar-refractivity contribution in [1.82, 2.24) is 14.5 Å². The van der Waals surface area contributed by atoms with Crippen molar-refractivity contribution in [1.29, 1.82) is 0 Å². The van der Waals surface area contributed by atoms with E-state index in [4.69, 9.17) is 29.7 Å². The maximum absolute atomic E-state index is 13.7. The summed E-state index contributed by atoms with van der Waals surface area (Å²) in [5.41, 5.74) is 9.27. The Bertz CT molecular complexity index is 1710. The highest BCUT2D eigenvalue weighted by Crippen LogP contribution is 2.25. The molecule has 14 heteroatoms. The average molecular weight is 660 g/mol. The number of benzene rings is 2. The third-order valence-corrected chi connectivity index (χ3v) is 7.23. The highest BCUT2D eigenvalue weighted by molar-refractivity contribution is 6.07. The predicted molar refractivity (Wildman–Crippen MR) is 181 cm³/mol. The Balaban J connectivity index is 1.42. The van der Waals surface area contributed by atoms with E-state index in [1.54, 1.807) is 62.7 Å². The second-order valence-electron chi connectivity index (χ2n) is 10.6. The van der Waals surface area contributed by atoms with Gasteiger partial charge in [0.05, 0.1) is 49.9 Å². The van der Waals surface area contributed by atoms with E-state index in [2.05, 4.69) is 15.3 Å². The van der Waals surface area contributed by atoms with Gasteiger partial charge in [-0.05, 0) is 68.4 Å². The quantitative estimate of drug-likeness (QED) is 0.0762. The van der Waals surface area contributed by atoms with Gasteiger partial charge in [0.15, 0.2) is 0 Å². The summed E-state index contributed by atoms with van der Waals surface area (Å²) >= 11 is 0. The predicted octanol–water partition coefficient (Wildman–Crippen LogP) is 4.25. The van der Waals surface area contributed by atoms with Gasteiger partial charge in [-0.15, -0.1) is 0 Å². The van der Waals surface area contributed by atoms with Crippen LogP contribution in [0.1, 0.15) is 48.1 Å². The van der Waals surface area contributed by atoms with Crippen molar-refractivity contribution in [2.75, 3.05) is 56.9 Å². The van der Waals surface area contributed by atoms with Crippen molar-refractivity contribution in [2.45, 2.75) is 26.3 Å². The molecule has 1 unspecified atom stereocenters. The standard InChI is InChI=1S/C34H41N7O7/c1-5-47-30(42)15-17-41(29-8-6-7-16-36-29)33(43)25-11-14-28-27(22-25)38-32(40(28)3)23(2)37-26-12-9-24(10-13-26)31(35)39-34(44)48-21-20-46-19-18-45-4/h6-14,16,22-23,37H,5,15,17-21H2,1-4H3,(H2,35,39,44). The van der Waals surface area contributed by atoms with Crippen molar-refractivity contribution in [3.8, 4) is 0 Å². The number of aromatic nitrogens is 3. The second-order valence-corrected chi connectivity index (χ2v) is 10.6. The number of hydrogen-bond donors (Lipinski definition) is 2. The van der Waals surface area contributed by atoms with E-state index in [0.717, 1.165) is 17.0 Å². The number of hydrogen-bond acceptors (Lipinski definition) is 10. The monoisotopic (exact) mass is 659 g/mol. The van der Waals surface area contributed by atoms with Gasteiger partial charge in [-0.2, -0.15) is 4.99 Å². The highest BCUT2D eigenvalue weighted by Gasteiger charge is 2.22. The number of fused-ring (bicyclic) bond motifs is 1. The number of nitrogens with one attached hydrogen (secondary N) is 1. The van der Waals surface area contributed by atoms with Gasteiger partial charge >= 0.3 is 12.1 Å². The summed E-state index contributed by atoms with van der Waals surface area (Å²) in [4.78, 5) is 52.2. The fourth-order valence-corrected chi connectivity index (χ4v) is 4.84. The SMILES string of the molecule is CCOC(=O)CCN(C(=O)c1ccc2c(c1)nc(C(C)Nc1ccc(/C(N)=N\C(=O)OCCOCCOC)cc1)n2C)c1ccccn1. The van der Waals surface area contributed by atoms with E-state index in [9.17, 15) is 14.4 Å². The topological polar surface area (TPSA) is 172 Å². The van der Waals surface area contributed by atoms with Crippen LogP contribution in [-0.4, -0.2) is 85.0 Å². The third-order valence-electron chi connectivity index (χ3n) is 7.23. The van der Waals surface area contributed by atoms with Gasteiger partial charge in [0, 0.05) is 43.7 Å². The Morgan fingerprint density at radius 3 is 2.46 bits per heavy atom. The lowest BCUT2D eigenvalue weighted by molar-refractivity contribution is -0.142. The second kappa shape index (κ2) is 17.5. The summed E-state index contributed by atoms with van der Waals surface area (Å²) in [5, 5.41) is 3.42. The summed E-state index contributed by atoms with van der Waals surface area (Å²) in [6.07, 6.45) is 0.833. The third kappa shape index (κ3) is 9.59. The Morgan fingerprint density at radius 1 is 1.00 bits per heavy atom. The Hall–Kier alpha value is -5.34. The lowest BCUT2D eigenvalue weighted by atomic mass is 10.1. The molecule has 14 nitrogen and oxygen atoms in total. The lowest BCUT2D eigenvalue weighted by Gasteiger charge is -2.21. The fraction of sp³-hybridized carbons (Fsp3) is 0.353. The van der Waals surface area contributed by atoms with Crippen molar-refractivity contribution in [2.24, 2.45) is 17.8 Å². The van der Waals surface area contributed by atoms with Crippen molar-refractivity contribution in [3.05, 3.63) is 83.8 Å². The number of imidazole rings is 1. The summed E-state index contributed by atoms with van der Waals surface area (Å²) < 4.78 is 22.2. The molecule has 0 radical (unpaired) electrons. The highest BCUT2D eigenvalue weighted by atomic mass is 16.6. The maximum Gasteiger partial charge on any atom is 0.435 e. The molecule has 0 aliphatic heterocycles. The van der Waals surface area contributed by atoms with Crippen LogP contribution in [0.5, 0.6) is 0 Å². The zero-order chi connectivity index (χ0) is 34.5. The molecule has 48 heavy (non-hydrogen) atoms. The first kappa shape index (κ1) is 35.5. The molecule has 254 valence electrons. The lowest BCUT2D eigenvalue weighted by Crippen LogP contribution is -2.34. The summed E-state index contributed by atoms with van der Waals surface area (Å²) in [6.45, 7) is 5.25. The van der Waals surface area contributed by atoms with Crippen molar-refractivity contribution in [3.63, 3.8) is 0 Å². The number of methoxy groups -OCH3 is 1. The minimum Gasteiger partial charge on any atom is -0.466 e. The zero-order valence-electron chi connectivity index (χ0n) is 27.5. The van der Waals surface area contributed by atoms with Crippen LogP contribution in [0.3, 0.4) is 0 Å². The zero-order valence-corrected chi connectivity index (χ0v) is 27.5. The molecule has 0 aliphatic carbocycles. The first-order valence-electron chi connectivity index (χ1n) is 15.5. The molecule has 0 saturated heterocycles. The van der Waals surface area contributed by atoms with E-state index in [0.29, 0.717) is 35.7 Å². The largest absolute Gasteiger partial charge is 0.466 e. The molecule has 2 amide bonds. The van der Waals surface area contributed by atoms with E-state index in [1.807, 2.05) is 36.7 Å². The molecule has 0 fully saturated rings. The number of carbonyl (C=O) groups excluding carboxylic acids is 3. The molecule has 2 heterocycles. The number of nitrogens with two attached hydrogens (primary N) is 1. The molecule has 1 atom stereocenters. The number of amides is 2. The molecule has 2 aromatic heterocycles. The van der Waals surface area contributed by atoms with Crippen LogP contribution in [0.4, 0.5) is 16.3 Å². The van der Waals surface area contributed by atoms with Gasteiger partial charge in [-0.1, -0.05) is 6.07 Å². The van der Waals surface area contributed by atoms with E-state index >= 15 is 0 Å². The van der Waals surface area contributed by atoms with Crippen LogP contribution in [0, 0.1) is 0 Å². The number of esters is 1. The summed E-state index contributed by atoms with van der Waals surface area (Å²) in [5.74, 6) is 0.520. The fourth-order valence-electron chi connectivity index (χ4n) is 4.84. The van der Waals surface area contributed by atoms with Gasteiger partial charge in [-0.25, -0.2) is 14.8 Å². The van der Waals surface area contributed by atoms with Crippen LogP contribution in [0.15, 0.2) is 71.9 Å². The van der Waals surface area contributed by atoms with E-state index in [1.165, 1.54) is 4.90 Å². The van der Waals surface area contributed by atoms with Crippen molar-refractivity contribution >= 4 is 46.3 Å². The number of amidine groups is 1. The molecule has 0 spiro atoms. The number of aryl methyl sites for hydroxylation is 1. The molecule has 4 aromatic rings. The number of rotatable bonds is 16. The van der Waals surface area contributed by atoms with E-state index < -0.39 is 6.09 Å². The number of ether oxygens (including phenoxy) is 4. The number of aliphatic imine (C=N–C) groups is 1. The van der Waals surface area contributed by atoms with Gasteiger partial charge in [-0.3, -0.25) is 14.5 Å². The minimum absolute atomic E-state index is 0.0307. The number of nitrogens with zero attached hydrogens (tertiary/aromatic N) is 5. The molecular weight excluding hydrogens is 618 g/mol. The number of carbonyl (C=O) groups is 3. The van der Waals surface area contributed by atoms with Crippen LogP contribution < -0.4 is 16.0 Å². The van der Waals surface area contributed by atoms with Crippen molar-refractivity contribution < 1.29 is 33.3 Å². The first-order valence-corrected chi connectivity index (χ1v) is 15.5. The molecule has 2 aromatic carbocycles. The molecule has 0 aliphatic rings. The maximum atomic E-state index is 13.7. The summed E-state index contributed by atoms with van der Waals surface area (Å²) in [6, 6.07) is 17.5. The summed E-state index contributed by atoms with van der Waals surface area (Å²) in [7, 11) is 3.49. The normalized spacial score (nSPS) is 12.0. The molecule has 0 bridgehead atoms. The Labute approximate surface area is 278 Å². The Morgan fingerprint density at radius 2 is 1.75 bits per heavy atom. The van der Waals surface area contributed by atoms with Crippen LogP contribution in [0.2, 0.25) is 0 Å². The van der Waals surface area contributed by atoms with Crippen LogP contribution in [-0.2, 0) is 30.8 Å². The van der Waals surface area contributed by atoms with Gasteiger partial charge in [0.1, 0.15) is 24.1 Å². The Kier molecular flexibility index (Phi) is 13.0. The van der Waals surface area contributed by atoms with Gasteiger partial charge in [0.2, 0.25) is 0 Å². The number of pyridine rings is 1. The molecular formula is C34H41N7O7. The number of anilines is 2. The minimum atomic E-state index is -0.800. The first-order chi connectivity index (χ1) is 23.2. The molecule has 0 saturated carbocycles. The average Bonchev–Trinajstić information content (AvgIpc) is 3.42. The van der Waals surface area contributed by atoms with Gasteiger partial charge in [0.25, 0.3) is 5.91 Å². The van der Waals surface area contributed by atoms with Gasteiger partial charge < -0.3 is 34.6 Å². The molecule has 3 N–H and O–H groups in total. The van der Waals surface area contributed by atoms with Crippen LogP contribution in [0.25, 0.3) is 11.0 Å². The van der Waals surface area contributed by atoms with E-state index in [-0.39, 0.29) is 56.5 Å². The van der Waals surface area contributed by atoms with Crippen LogP contribution >= 0.6 is 0 Å².